The summed E-state index contributed by atoms with van der Waals surface area (Å²) in [5.41, 5.74) is 8.43. The molecule has 0 aliphatic carbocycles. The number of hydrogen-bond donors (Lipinski definition) is 3. The number of nitrogens with two attached hydrogens (primary N) is 1. The number of benzene rings is 2. The molecule has 126 valence electrons. The van der Waals surface area contributed by atoms with Gasteiger partial charge in [-0.1, -0.05) is 32.9 Å². The highest BCUT2D eigenvalue weighted by Crippen LogP contribution is 2.23. The molecule has 0 atom stereocenters. The number of nitrogens with one attached hydrogen (secondary N) is 2. The van der Waals surface area contributed by atoms with Gasteiger partial charge < -0.3 is 16.4 Å². The van der Waals surface area contributed by atoms with Crippen LogP contribution in [0.25, 0.3) is 0 Å². The van der Waals surface area contributed by atoms with E-state index in [0.29, 0.717) is 22.6 Å². The van der Waals surface area contributed by atoms with Gasteiger partial charge in [-0.15, -0.1) is 0 Å². The van der Waals surface area contributed by atoms with Crippen molar-refractivity contribution in [1.82, 2.24) is 0 Å². The van der Waals surface area contributed by atoms with Crippen molar-refractivity contribution >= 4 is 28.9 Å². The van der Waals surface area contributed by atoms with Crippen LogP contribution >= 0.6 is 0 Å². The van der Waals surface area contributed by atoms with Crippen molar-refractivity contribution in [3.63, 3.8) is 0 Å². The highest BCUT2D eigenvalue weighted by Gasteiger charge is 2.21. The van der Waals surface area contributed by atoms with Crippen LogP contribution in [0.2, 0.25) is 0 Å². The Bertz CT molecular complexity index is 776. The lowest BCUT2D eigenvalue weighted by Crippen LogP contribution is -2.27. The van der Waals surface area contributed by atoms with E-state index in [1.807, 2.05) is 39.8 Å². The summed E-state index contributed by atoms with van der Waals surface area (Å²) < 4.78 is 0. The molecule has 0 heterocycles. The molecular weight excluding hydrogens is 302 g/mol. The predicted octanol–water partition coefficient (Wildman–Crippen LogP) is 3.81. The lowest BCUT2D eigenvalue weighted by Gasteiger charge is -2.18. The van der Waals surface area contributed by atoms with Gasteiger partial charge in [-0.05, 0) is 42.8 Å². The summed E-state index contributed by atoms with van der Waals surface area (Å²) in [6, 6.07) is 12.2. The zero-order valence-corrected chi connectivity index (χ0v) is 14.4. The molecule has 2 aromatic rings. The van der Waals surface area contributed by atoms with Gasteiger partial charge in [-0.2, -0.15) is 0 Å². The van der Waals surface area contributed by atoms with Crippen molar-refractivity contribution in [3.8, 4) is 0 Å². The van der Waals surface area contributed by atoms with Crippen molar-refractivity contribution < 1.29 is 9.59 Å². The van der Waals surface area contributed by atoms with E-state index in [1.54, 1.807) is 30.3 Å². The Morgan fingerprint density at radius 2 is 1.71 bits per heavy atom. The minimum Gasteiger partial charge on any atom is -0.399 e. The summed E-state index contributed by atoms with van der Waals surface area (Å²) >= 11 is 0. The molecule has 0 radical (unpaired) electrons. The smallest absolute Gasteiger partial charge is 0.255 e. The number of amides is 2. The first-order valence-corrected chi connectivity index (χ1v) is 7.76. The van der Waals surface area contributed by atoms with E-state index in [-0.39, 0.29) is 11.8 Å². The van der Waals surface area contributed by atoms with Crippen LogP contribution in [0, 0.1) is 12.3 Å². The Morgan fingerprint density at radius 1 is 1.00 bits per heavy atom. The summed E-state index contributed by atoms with van der Waals surface area (Å²) in [6.45, 7) is 7.43. The van der Waals surface area contributed by atoms with E-state index in [9.17, 15) is 9.59 Å². The average molecular weight is 325 g/mol. The summed E-state index contributed by atoms with van der Waals surface area (Å²) in [7, 11) is 0. The maximum absolute atomic E-state index is 12.4. The molecule has 5 nitrogen and oxygen atoms in total. The molecule has 0 aliphatic rings. The van der Waals surface area contributed by atoms with Gasteiger partial charge in [0.25, 0.3) is 5.91 Å². The molecule has 0 saturated heterocycles. The van der Waals surface area contributed by atoms with Crippen LogP contribution in [0.1, 0.15) is 36.7 Å². The molecule has 5 heteroatoms. The molecule has 0 fully saturated rings. The number of hydrogen-bond acceptors (Lipinski definition) is 3. The number of carbonyl (C=O) groups excluding carboxylic acids is 2. The Hall–Kier alpha value is -2.82. The number of carbonyl (C=O) groups is 2. The van der Waals surface area contributed by atoms with Crippen LogP contribution in [-0.4, -0.2) is 11.8 Å². The van der Waals surface area contributed by atoms with E-state index >= 15 is 0 Å². The fourth-order valence-corrected chi connectivity index (χ4v) is 2.03. The Balaban J connectivity index is 2.20. The molecule has 4 N–H and O–H groups in total. The van der Waals surface area contributed by atoms with Gasteiger partial charge in [-0.25, -0.2) is 0 Å². The van der Waals surface area contributed by atoms with Crippen molar-refractivity contribution in [2.24, 2.45) is 5.41 Å². The van der Waals surface area contributed by atoms with Crippen molar-refractivity contribution in [2.45, 2.75) is 27.7 Å². The average Bonchev–Trinajstić information content (AvgIpc) is 2.49. The second kappa shape index (κ2) is 6.74. The monoisotopic (exact) mass is 325 g/mol. The van der Waals surface area contributed by atoms with Crippen LogP contribution in [0.5, 0.6) is 0 Å². The van der Waals surface area contributed by atoms with E-state index < -0.39 is 5.41 Å². The summed E-state index contributed by atoms with van der Waals surface area (Å²) in [5.74, 6) is -0.329. The number of rotatable bonds is 3. The minimum atomic E-state index is -0.490. The molecular formula is C19H23N3O2. The maximum Gasteiger partial charge on any atom is 0.255 e. The highest BCUT2D eigenvalue weighted by molar-refractivity contribution is 6.05. The third-order valence-corrected chi connectivity index (χ3v) is 3.57. The second-order valence-electron chi connectivity index (χ2n) is 6.81. The first kappa shape index (κ1) is 17.5. The van der Waals surface area contributed by atoms with Crippen molar-refractivity contribution in [1.29, 1.82) is 0 Å². The van der Waals surface area contributed by atoms with Crippen LogP contribution in [0.4, 0.5) is 17.1 Å². The molecule has 2 amide bonds. The fraction of sp³-hybridized carbons (Fsp3) is 0.263. The maximum atomic E-state index is 12.4. The molecule has 0 spiro atoms. The SMILES string of the molecule is Cc1ccc(NC(=O)C(C)(C)C)cc1NC(=O)c1cccc(N)c1. The third-order valence-electron chi connectivity index (χ3n) is 3.57. The Labute approximate surface area is 142 Å². The number of aryl methyl sites for hydroxylation is 1. The van der Waals surface area contributed by atoms with Gasteiger partial charge in [0.15, 0.2) is 0 Å². The van der Waals surface area contributed by atoms with E-state index in [2.05, 4.69) is 10.6 Å². The van der Waals surface area contributed by atoms with Gasteiger partial charge in [0.1, 0.15) is 0 Å². The summed E-state index contributed by atoms with van der Waals surface area (Å²) in [6.07, 6.45) is 0. The van der Waals surface area contributed by atoms with Crippen LogP contribution < -0.4 is 16.4 Å². The highest BCUT2D eigenvalue weighted by atomic mass is 16.2. The summed E-state index contributed by atoms with van der Waals surface area (Å²) in [4.78, 5) is 24.5. The van der Waals surface area contributed by atoms with Gasteiger partial charge in [-0.3, -0.25) is 9.59 Å². The van der Waals surface area contributed by atoms with E-state index in [4.69, 9.17) is 5.73 Å². The van der Waals surface area contributed by atoms with Gasteiger partial charge in [0.05, 0.1) is 0 Å². The first-order chi connectivity index (χ1) is 11.2. The Morgan fingerprint density at radius 3 is 2.33 bits per heavy atom. The molecule has 0 aromatic heterocycles. The lowest BCUT2D eigenvalue weighted by molar-refractivity contribution is -0.123. The van der Waals surface area contributed by atoms with E-state index in [0.717, 1.165) is 5.56 Å². The predicted molar refractivity (Wildman–Crippen MR) is 98.1 cm³/mol. The van der Waals surface area contributed by atoms with Gasteiger partial charge in [0, 0.05) is 28.0 Å². The van der Waals surface area contributed by atoms with Gasteiger partial charge >= 0.3 is 0 Å². The molecule has 0 bridgehead atoms. The first-order valence-electron chi connectivity index (χ1n) is 7.76. The van der Waals surface area contributed by atoms with Crippen molar-refractivity contribution in [3.05, 3.63) is 53.6 Å². The second-order valence-corrected chi connectivity index (χ2v) is 6.81. The van der Waals surface area contributed by atoms with E-state index in [1.165, 1.54) is 0 Å². The molecule has 0 aliphatic heterocycles. The van der Waals surface area contributed by atoms with Gasteiger partial charge in [0.2, 0.25) is 5.91 Å². The number of anilines is 3. The fourth-order valence-electron chi connectivity index (χ4n) is 2.03. The third kappa shape index (κ3) is 4.35. The molecule has 24 heavy (non-hydrogen) atoms. The Kier molecular flexibility index (Phi) is 4.93. The quantitative estimate of drug-likeness (QED) is 0.750. The molecule has 2 rings (SSSR count). The largest absolute Gasteiger partial charge is 0.399 e. The zero-order valence-electron chi connectivity index (χ0n) is 14.4. The van der Waals surface area contributed by atoms with Crippen LogP contribution in [-0.2, 0) is 4.79 Å². The number of nitrogen functional groups attached to an aromatic ring is 1. The standard InChI is InChI=1S/C19H23N3O2/c1-12-8-9-15(21-18(24)19(2,3)4)11-16(12)22-17(23)13-6-5-7-14(20)10-13/h5-11H,20H2,1-4H3,(H,21,24)(H,22,23). The molecule has 2 aromatic carbocycles. The minimum absolute atomic E-state index is 0.0838. The summed E-state index contributed by atoms with van der Waals surface area (Å²) in [5, 5.41) is 5.72. The van der Waals surface area contributed by atoms with Crippen LogP contribution in [0.3, 0.4) is 0 Å². The van der Waals surface area contributed by atoms with Crippen LogP contribution in [0.15, 0.2) is 42.5 Å². The zero-order chi connectivity index (χ0) is 17.9. The lowest BCUT2D eigenvalue weighted by atomic mass is 9.95. The van der Waals surface area contributed by atoms with Crippen molar-refractivity contribution in [2.75, 3.05) is 16.4 Å². The normalized spacial score (nSPS) is 11.0. The molecule has 0 unspecified atom stereocenters. The topological polar surface area (TPSA) is 84.2 Å². The molecule has 0 saturated carbocycles.